The van der Waals surface area contributed by atoms with E-state index >= 15 is 0 Å². The number of hydrogen-bond donors (Lipinski definition) is 0. The lowest BCUT2D eigenvalue weighted by molar-refractivity contribution is -0.132. The molecule has 1 heterocycles. The molecule has 1 amide bonds. The van der Waals surface area contributed by atoms with E-state index in [1.165, 1.54) is 4.31 Å². The van der Waals surface area contributed by atoms with E-state index in [0.29, 0.717) is 43.9 Å². The lowest BCUT2D eigenvalue weighted by Gasteiger charge is -2.34. The van der Waals surface area contributed by atoms with E-state index in [1.807, 2.05) is 31.2 Å². The summed E-state index contributed by atoms with van der Waals surface area (Å²) in [6, 6.07) is 14.6. The normalized spacial score (nSPS) is 15.4. The van der Waals surface area contributed by atoms with Gasteiger partial charge in [-0.1, -0.05) is 29.8 Å². The zero-order valence-electron chi connectivity index (χ0n) is 16.3. The Morgan fingerprint density at radius 3 is 2.36 bits per heavy atom. The SMILES string of the molecule is COc1cccc(CCC(=O)N2CCN(S(=O)(=O)c3ccc(C)cc3)CC2)c1. The second-order valence-corrected chi connectivity index (χ2v) is 8.89. The van der Waals surface area contributed by atoms with Crippen LogP contribution in [0.4, 0.5) is 0 Å². The Hall–Kier alpha value is -2.38. The lowest BCUT2D eigenvalue weighted by Crippen LogP contribution is -2.50. The predicted molar refractivity (Wildman–Crippen MR) is 108 cm³/mol. The van der Waals surface area contributed by atoms with E-state index < -0.39 is 10.0 Å². The summed E-state index contributed by atoms with van der Waals surface area (Å²) in [5.74, 6) is 0.829. The molecule has 1 saturated heterocycles. The molecule has 2 aromatic carbocycles. The maximum absolute atomic E-state index is 12.8. The highest BCUT2D eigenvalue weighted by Gasteiger charge is 2.29. The largest absolute Gasteiger partial charge is 0.497 e. The Morgan fingerprint density at radius 1 is 1.04 bits per heavy atom. The van der Waals surface area contributed by atoms with Crippen LogP contribution in [0.1, 0.15) is 17.5 Å². The van der Waals surface area contributed by atoms with Gasteiger partial charge in [-0.2, -0.15) is 4.31 Å². The van der Waals surface area contributed by atoms with Crippen LogP contribution in [-0.2, 0) is 21.2 Å². The maximum Gasteiger partial charge on any atom is 0.243 e. The molecule has 0 unspecified atom stereocenters. The zero-order chi connectivity index (χ0) is 20.1. The summed E-state index contributed by atoms with van der Waals surface area (Å²) in [6.45, 7) is 3.40. The summed E-state index contributed by atoms with van der Waals surface area (Å²) in [5.41, 5.74) is 2.07. The number of sulfonamides is 1. The van der Waals surface area contributed by atoms with E-state index in [9.17, 15) is 13.2 Å². The van der Waals surface area contributed by atoms with Crippen molar-refractivity contribution in [3.8, 4) is 5.75 Å². The van der Waals surface area contributed by atoms with Crippen molar-refractivity contribution < 1.29 is 17.9 Å². The Morgan fingerprint density at radius 2 is 1.71 bits per heavy atom. The quantitative estimate of drug-likeness (QED) is 0.745. The van der Waals surface area contributed by atoms with Gasteiger partial charge < -0.3 is 9.64 Å². The van der Waals surface area contributed by atoms with Crippen molar-refractivity contribution in [2.75, 3.05) is 33.3 Å². The Labute approximate surface area is 166 Å². The van der Waals surface area contributed by atoms with Crippen molar-refractivity contribution in [1.82, 2.24) is 9.21 Å². The number of ether oxygens (including phenoxy) is 1. The van der Waals surface area contributed by atoms with Crippen LogP contribution in [0.2, 0.25) is 0 Å². The summed E-state index contributed by atoms with van der Waals surface area (Å²) < 4.78 is 32.2. The van der Waals surface area contributed by atoms with Crippen molar-refractivity contribution in [3.05, 3.63) is 59.7 Å². The van der Waals surface area contributed by atoms with Gasteiger partial charge in [0, 0.05) is 32.6 Å². The van der Waals surface area contributed by atoms with Gasteiger partial charge >= 0.3 is 0 Å². The first-order chi connectivity index (χ1) is 13.4. The van der Waals surface area contributed by atoms with E-state index in [2.05, 4.69) is 0 Å². The van der Waals surface area contributed by atoms with Crippen LogP contribution in [0, 0.1) is 6.92 Å². The minimum atomic E-state index is -3.51. The number of hydrogen-bond acceptors (Lipinski definition) is 4. The summed E-state index contributed by atoms with van der Waals surface area (Å²) in [5, 5.41) is 0. The fraction of sp³-hybridized carbons (Fsp3) is 0.381. The third-order valence-electron chi connectivity index (χ3n) is 5.01. The van der Waals surface area contributed by atoms with Gasteiger partial charge in [0.25, 0.3) is 0 Å². The average molecular weight is 403 g/mol. The Kier molecular flexibility index (Phi) is 6.36. The standard InChI is InChI=1S/C21H26N2O4S/c1-17-6-9-20(10-7-17)28(25,26)23-14-12-22(13-15-23)21(24)11-8-18-4-3-5-19(16-18)27-2/h3-7,9-10,16H,8,11-15H2,1-2H3. The first kappa shape index (κ1) is 20.4. The minimum absolute atomic E-state index is 0.0511. The highest BCUT2D eigenvalue weighted by atomic mass is 32.2. The molecular formula is C21H26N2O4S. The van der Waals surface area contributed by atoms with E-state index in [-0.39, 0.29) is 5.91 Å². The summed E-state index contributed by atoms with van der Waals surface area (Å²) in [7, 11) is -1.89. The van der Waals surface area contributed by atoms with Crippen LogP contribution in [0.5, 0.6) is 5.75 Å². The Bertz CT molecular complexity index is 918. The molecule has 0 spiro atoms. The first-order valence-corrected chi connectivity index (χ1v) is 10.8. The topological polar surface area (TPSA) is 66.9 Å². The molecule has 7 heteroatoms. The van der Waals surface area contributed by atoms with Crippen LogP contribution < -0.4 is 4.74 Å². The molecule has 3 rings (SSSR count). The molecule has 0 N–H and O–H groups in total. The van der Waals surface area contributed by atoms with Crippen molar-refractivity contribution in [2.45, 2.75) is 24.7 Å². The number of nitrogens with zero attached hydrogens (tertiary/aromatic N) is 2. The number of piperazine rings is 1. The first-order valence-electron chi connectivity index (χ1n) is 9.37. The second kappa shape index (κ2) is 8.75. The molecular weight excluding hydrogens is 376 g/mol. The molecule has 1 aliphatic heterocycles. The van der Waals surface area contributed by atoms with Crippen molar-refractivity contribution in [1.29, 1.82) is 0 Å². The van der Waals surface area contributed by atoms with Crippen molar-refractivity contribution >= 4 is 15.9 Å². The van der Waals surface area contributed by atoms with Gasteiger partial charge in [-0.15, -0.1) is 0 Å². The lowest BCUT2D eigenvalue weighted by atomic mass is 10.1. The molecule has 0 aliphatic carbocycles. The molecule has 2 aromatic rings. The third-order valence-corrected chi connectivity index (χ3v) is 6.92. The molecule has 0 atom stereocenters. The molecule has 1 aliphatic rings. The van der Waals surface area contributed by atoms with Gasteiger partial charge in [0.2, 0.25) is 15.9 Å². The molecule has 28 heavy (non-hydrogen) atoms. The van der Waals surface area contributed by atoms with Gasteiger partial charge in [-0.05, 0) is 43.2 Å². The zero-order valence-corrected chi connectivity index (χ0v) is 17.1. The van der Waals surface area contributed by atoms with Crippen LogP contribution in [0.3, 0.4) is 0 Å². The van der Waals surface area contributed by atoms with Crippen LogP contribution >= 0.6 is 0 Å². The minimum Gasteiger partial charge on any atom is -0.497 e. The smallest absolute Gasteiger partial charge is 0.243 e. The molecule has 150 valence electrons. The number of amides is 1. The van der Waals surface area contributed by atoms with Gasteiger partial charge in [0.05, 0.1) is 12.0 Å². The molecule has 0 radical (unpaired) electrons. The molecule has 0 saturated carbocycles. The average Bonchev–Trinajstić information content (AvgIpc) is 2.72. The van der Waals surface area contributed by atoms with E-state index in [0.717, 1.165) is 16.9 Å². The van der Waals surface area contributed by atoms with Crippen molar-refractivity contribution in [3.63, 3.8) is 0 Å². The number of rotatable bonds is 6. The Balaban J connectivity index is 1.54. The number of aryl methyl sites for hydroxylation is 2. The number of carbonyl (C=O) groups excluding carboxylic acids is 1. The predicted octanol–water partition coefficient (Wildman–Crippen LogP) is 2.47. The van der Waals surface area contributed by atoms with Gasteiger partial charge in [-0.3, -0.25) is 4.79 Å². The van der Waals surface area contributed by atoms with Crippen LogP contribution in [0.15, 0.2) is 53.4 Å². The fourth-order valence-corrected chi connectivity index (χ4v) is 4.70. The highest BCUT2D eigenvalue weighted by molar-refractivity contribution is 7.89. The maximum atomic E-state index is 12.8. The van der Waals surface area contributed by atoms with Crippen molar-refractivity contribution in [2.24, 2.45) is 0 Å². The van der Waals surface area contributed by atoms with Gasteiger partial charge in [-0.25, -0.2) is 8.42 Å². The van der Waals surface area contributed by atoms with Gasteiger partial charge in [0.15, 0.2) is 0 Å². The molecule has 0 bridgehead atoms. The highest BCUT2D eigenvalue weighted by Crippen LogP contribution is 2.19. The summed E-state index contributed by atoms with van der Waals surface area (Å²) in [6.07, 6.45) is 1.04. The molecule has 0 aromatic heterocycles. The second-order valence-electron chi connectivity index (χ2n) is 6.95. The fourth-order valence-electron chi connectivity index (χ4n) is 3.27. The van der Waals surface area contributed by atoms with Crippen LogP contribution in [-0.4, -0.2) is 56.8 Å². The molecule has 6 nitrogen and oxygen atoms in total. The van der Waals surface area contributed by atoms with E-state index in [4.69, 9.17) is 4.74 Å². The number of carbonyl (C=O) groups is 1. The molecule has 1 fully saturated rings. The number of benzene rings is 2. The monoisotopic (exact) mass is 402 g/mol. The summed E-state index contributed by atoms with van der Waals surface area (Å²) >= 11 is 0. The van der Waals surface area contributed by atoms with E-state index in [1.54, 1.807) is 36.3 Å². The third kappa shape index (κ3) is 4.72. The van der Waals surface area contributed by atoms with Crippen LogP contribution in [0.25, 0.3) is 0 Å². The number of methoxy groups -OCH3 is 1. The summed E-state index contributed by atoms with van der Waals surface area (Å²) in [4.78, 5) is 14.6. The van der Waals surface area contributed by atoms with Gasteiger partial charge in [0.1, 0.15) is 5.75 Å².